The van der Waals surface area contributed by atoms with Crippen LogP contribution in [0, 0.1) is 6.92 Å². The first-order valence-corrected chi connectivity index (χ1v) is 6.29. The van der Waals surface area contributed by atoms with Gasteiger partial charge in [0, 0.05) is 6.04 Å². The van der Waals surface area contributed by atoms with Gasteiger partial charge in [0.15, 0.2) is 0 Å². The third-order valence-electron chi connectivity index (χ3n) is 3.29. The quantitative estimate of drug-likeness (QED) is 0.816. The van der Waals surface area contributed by atoms with E-state index < -0.39 is 0 Å². The summed E-state index contributed by atoms with van der Waals surface area (Å²) in [6.07, 6.45) is 5.94. The maximum atomic E-state index is 11.8. The van der Waals surface area contributed by atoms with E-state index in [0.717, 1.165) is 18.4 Å². The molecule has 0 atom stereocenters. The summed E-state index contributed by atoms with van der Waals surface area (Å²) in [6, 6.07) is 7.80. The summed E-state index contributed by atoms with van der Waals surface area (Å²) < 4.78 is 0. The Kier molecular flexibility index (Phi) is 4.15. The molecule has 0 radical (unpaired) electrons. The van der Waals surface area contributed by atoms with Gasteiger partial charge in [0.05, 0.1) is 5.56 Å². The van der Waals surface area contributed by atoms with E-state index in [1.165, 1.54) is 19.3 Å². The van der Waals surface area contributed by atoms with Crippen molar-refractivity contribution < 1.29 is 9.63 Å². The minimum atomic E-state index is -0.284. The summed E-state index contributed by atoms with van der Waals surface area (Å²) in [7, 11) is 0. The number of carbonyl (C=O) groups is 1. The average molecular weight is 233 g/mol. The highest BCUT2D eigenvalue weighted by Crippen LogP contribution is 2.17. The van der Waals surface area contributed by atoms with Crippen LogP contribution in [0.1, 0.15) is 48.0 Å². The molecule has 0 saturated heterocycles. The topological polar surface area (TPSA) is 38.3 Å². The molecular formula is C14H19NO2. The molecule has 0 heterocycles. The van der Waals surface area contributed by atoms with Gasteiger partial charge in [-0.3, -0.25) is 0 Å². The maximum absolute atomic E-state index is 11.8. The molecule has 0 bridgehead atoms. The molecule has 1 aromatic carbocycles. The zero-order valence-electron chi connectivity index (χ0n) is 10.2. The van der Waals surface area contributed by atoms with Crippen molar-refractivity contribution in [2.24, 2.45) is 0 Å². The fourth-order valence-corrected chi connectivity index (χ4v) is 2.21. The SMILES string of the molecule is Cc1ccccc1C(=O)ONC1CCCCC1. The van der Waals surface area contributed by atoms with Crippen molar-refractivity contribution in [3.8, 4) is 0 Å². The average Bonchev–Trinajstić information content (AvgIpc) is 2.38. The Morgan fingerprint density at radius 3 is 2.65 bits per heavy atom. The molecule has 92 valence electrons. The molecule has 1 saturated carbocycles. The fraction of sp³-hybridized carbons (Fsp3) is 0.500. The zero-order chi connectivity index (χ0) is 12.1. The minimum Gasteiger partial charge on any atom is -0.366 e. The number of hydrogen-bond donors (Lipinski definition) is 1. The Labute approximate surface area is 102 Å². The molecular weight excluding hydrogens is 214 g/mol. The fourth-order valence-electron chi connectivity index (χ4n) is 2.21. The van der Waals surface area contributed by atoms with Crippen LogP contribution in [0.25, 0.3) is 0 Å². The van der Waals surface area contributed by atoms with Gasteiger partial charge < -0.3 is 4.84 Å². The van der Waals surface area contributed by atoms with Gasteiger partial charge in [-0.05, 0) is 31.4 Å². The summed E-state index contributed by atoms with van der Waals surface area (Å²) in [5, 5.41) is 0. The summed E-state index contributed by atoms with van der Waals surface area (Å²) in [4.78, 5) is 17.0. The number of rotatable bonds is 3. The van der Waals surface area contributed by atoms with Gasteiger partial charge in [-0.1, -0.05) is 37.5 Å². The van der Waals surface area contributed by atoms with Gasteiger partial charge in [-0.15, -0.1) is 5.48 Å². The first kappa shape index (κ1) is 12.1. The van der Waals surface area contributed by atoms with Crippen molar-refractivity contribution in [1.82, 2.24) is 5.48 Å². The van der Waals surface area contributed by atoms with Gasteiger partial charge >= 0.3 is 5.97 Å². The van der Waals surface area contributed by atoms with Crippen LogP contribution in [0.4, 0.5) is 0 Å². The standard InChI is InChI=1S/C14H19NO2/c1-11-7-5-6-10-13(11)14(16)17-15-12-8-3-2-4-9-12/h5-7,10,12,15H,2-4,8-9H2,1H3. The first-order chi connectivity index (χ1) is 8.27. The zero-order valence-corrected chi connectivity index (χ0v) is 10.2. The molecule has 0 spiro atoms. The Hall–Kier alpha value is -1.35. The molecule has 2 rings (SSSR count). The normalized spacial score (nSPS) is 16.8. The molecule has 1 aromatic rings. The largest absolute Gasteiger partial charge is 0.366 e. The van der Waals surface area contributed by atoms with Crippen molar-refractivity contribution in [2.75, 3.05) is 0 Å². The van der Waals surface area contributed by atoms with E-state index in [-0.39, 0.29) is 5.97 Å². The lowest BCUT2D eigenvalue weighted by atomic mass is 9.96. The third kappa shape index (κ3) is 3.30. The van der Waals surface area contributed by atoms with Crippen molar-refractivity contribution in [1.29, 1.82) is 0 Å². The Morgan fingerprint density at radius 1 is 1.24 bits per heavy atom. The van der Waals surface area contributed by atoms with E-state index in [2.05, 4.69) is 5.48 Å². The van der Waals surface area contributed by atoms with E-state index in [0.29, 0.717) is 11.6 Å². The molecule has 1 aliphatic carbocycles. The molecule has 0 unspecified atom stereocenters. The Balaban J connectivity index is 1.87. The summed E-state index contributed by atoms with van der Waals surface area (Å²) >= 11 is 0. The Morgan fingerprint density at radius 2 is 1.94 bits per heavy atom. The van der Waals surface area contributed by atoms with E-state index >= 15 is 0 Å². The smallest absolute Gasteiger partial charge is 0.357 e. The molecule has 1 N–H and O–H groups in total. The lowest BCUT2D eigenvalue weighted by molar-refractivity contribution is 0.0112. The number of nitrogens with one attached hydrogen (secondary N) is 1. The highest BCUT2D eigenvalue weighted by molar-refractivity contribution is 5.90. The van der Waals surface area contributed by atoms with Crippen molar-refractivity contribution in [3.63, 3.8) is 0 Å². The number of carbonyl (C=O) groups excluding carboxylic acids is 1. The van der Waals surface area contributed by atoms with Crippen molar-refractivity contribution in [3.05, 3.63) is 35.4 Å². The second-order valence-corrected chi connectivity index (χ2v) is 4.66. The number of benzene rings is 1. The van der Waals surface area contributed by atoms with Crippen LogP contribution >= 0.6 is 0 Å². The molecule has 17 heavy (non-hydrogen) atoms. The predicted molar refractivity (Wildman–Crippen MR) is 66.6 cm³/mol. The first-order valence-electron chi connectivity index (χ1n) is 6.29. The van der Waals surface area contributed by atoms with Crippen LogP contribution in [0.3, 0.4) is 0 Å². The van der Waals surface area contributed by atoms with E-state index in [9.17, 15) is 4.79 Å². The van der Waals surface area contributed by atoms with E-state index in [1.807, 2.05) is 25.1 Å². The Bertz CT molecular complexity index is 384. The van der Waals surface area contributed by atoms with Gasteiger partial charge in [-0.25, -0.2) is 4.79 Å². The summed E-state index contributed by atoms with van der Waals surface area (Å²) in [5.41, 5.74) is 4.48. The van der Waals surface area contributed by atoms with Crippen molar-refractivity contribution >= 4 is 5.97 Å². The van der Waals surface area contributed by atoms with Crippen LogP contribution in [-0.4, -0.2) is 12.0 Å². The van der Waals surface area contributed by atoms with Gasteiger partial charge in [0.25, 0.3) is 0 Å². The molecule has 0 aliphatic heterocycles. The lowest BCUT2D eigenvalue weighted by Gasteiger charge is -2.21. The molecule has 3 heteroatoms. The number of hydroxylamine groups is 1. The number of hydrogen-bond acceptors (Lipinski definition) is 3. The van der Waals surface area contributed by atoms with Crippen molar-refractivity contribution in [2.45, 2.75) is 45.1 Å². The van der Waals surface area contributed by atoms with Crippen LogP contribution in [0.2, 0.25) is 0 Å². The van der Waals surface area contributed by atoms with Gasteiger partial charge in [0.2, 0.25) is 0 Å². The van der Waals surface area contributed by atoms with Crippen LogP contribution in [-0.2, 0) is 4.84 Å². The second-order valence-electron chi connectivity index (χ2n) is 4.66. The highest BCUT2D eigenvalue weighted by Gasteiger charge is 2.16. The van der Waals surface area contributed by atoms with Gasteiger partial charge in [-0.2, -0.15) is 0 Å². The highest BCUT2D eigenvalue weighted by atomic mass is 16.7. The monoisotopic (exact) mass is 233 g/mol. The third-order valence-corrected chi connectivity index (χ3v) is 3.29. The molecule has 1 fully saturated rings. The van der Waals surface area contributed by atoms with Gasteiger partial charge in [0.1, 0.15) is 0 Å². The predicted octanol–water partition coefficient (Wildman–Crippen LogP) is 2.99. The lowest BCUT2D eigenvalue weighted by Crippen LogP contribution is -2.33. The van der Waals surface area contributed by atoms with Crippen LogP contribution in [0.5, 0.6) is 0 Å². The molecule has 0 amide bonds. The summed E-state index contributed by atoms with van der Waals surface area (Å²) in [5.74, 6) is -0.284. The summed E-state index contributed by atoms with van der Waals surface area (Å²) in [6.45, 7) is 1.91. The molecule has 1 aliphatic rings. The minimum absolute atomic E-state index is 0.284. The van der Waals surface area contributed by atoms with Crippen LogP contribution in [0.15, 0.2) is 24.3 Å². The maximum Gasteiger partial charge on any atom is 0.357 e. The number of aryl methyl sites for hydroxylation is 1. The molecule has 3 nitrogen and oxygen atoms in total. The van der Waals surface area contributed by atoms with E-state index in [4.69, 9.17) is 4.84 Å². The second kappa shape index (κ2) is 5.82. The molecule has 0 aromatic heterocycles. The van der Waals surface area contributed by atoms with E-state index in [1.54, 1.807) is 6.07 Å². The van der Waals surface area contributed by atoms with Crippen LogP contribution < -0.4 is 5.48 Å².